The molecule has 2 aromatic rings. The van der Waals surface area contributed by atoms with Gasteiger partial charge in [-0.25, -0.2) is 9.18 Å². The van der Waals surface area contributed by atoms with Crippen molar-refractivity contribution < 1.29 is 23.5 Å². The van der Waals surface area contributed by atoms with Crippen LogP contribution in [0.3, 0.4) is 0 Å². The van der Waals surface area contributed by atoms with Crippen LogP contribution in [-0.4, -0.2) is 36.5 Å². The first-order chi connectivity index (χ1) is 15.5. The second-order valence-corrected chi connectivity index (χ2v) is 7.75. The second-order valence-electron chi connectivity index (χ2n) is 7.75. The van der Waals surface area contributed by atoms with Gasteiger partial charge in [-0.1, -0.05) is 49.6 Å². The smallest absolute Gasteiger partial charge is 0.338 e. The van der Waals surface area contributed by atoms with Crippen LogP contribution in [0, 0.1) is 5.82 Å². The van der Waals surface area contributed by atoms with Crippen molar-refractivity contribution in [2.24, 2.45) is 0 Å². The van der Waals surface area contributed by atoms with E-state index in [0.717, 1.165) is 32.1 Å². The van der Waals surface area contributed by atoms with Crippen molar-refractivity contribution >= 4 is 23.9 Å². The van der Waals surface area contributed by atoms with Crippen LogP contribution in [0.5, 0.6) is 0 Å². The van der Waals surface area contributed by atoms with Crippen LogP contribution in [0.4, 0.5) is 4.39 Å². The monoisotopic (exact) mass is 438 g/mol. The Labute approximate surface area is 186 Å². The minimum absolute atomic E-state index is 0.0511. The number of hydrogen-bond acceptors (Lipinski definition) is 4. The molecule has 168 valence electrons. The fraction of sp³-hybridized carbons (Fsp3) is 0.320. The van der Waals surface area contributed by atoms with Crippen LogP contribution in [0.1, 0.15) is 48.0 Å². The predicted octanol–water partition coefficient (Wildman–Crippen LogP) is 3.63. The van der Waals surface area contributed by atoms with Crippen LogP contribution >= 0.6 is 0 Å². The molecule has 0 saturated heterocycles. The highest BCUT2D eigenvalue weighted by Crippen LogP contribution is 2.17. The topological polar surface area (TPSA) is 84.5 Å². The highest BCUT2D eigenvalue weighted by atomic mass is 19.1. The first kappa shape index (κ1) is 23.2. The number of amides is 2. The lowest BCUT2D eigenvalue weighted by atomic mass is 9.95. The Morgan fingerprint density at radius 3 is 2.38 bits per heavy atom. The molecule has 6 nitrogen and oxygen atoms in total. The van der Waals surface area contributed by atoms with Gasteiger partial charge >= 0.3 is 5.97 Å². The van der Waals surface area contributed by atoms with Gasteiger partial charge in [0.05, 0.1) is 5.56 Å². The average Bonchev–Trinajstić information content (AvgIpc) is 2.82. The normalized spacial score (nSPS) is 15.2. The maximum Gasteiger partial charge on any atom is 0.338 e. The minimum Gasteiger partial charge on any atom is -0.459 e. The van der Waals surface area contributed by atoms with Gasteiger partial charge in [-0.05, 0) is 48.7 Å². The Morgan fingerprint density at radius 1 is 1.00 bits per heavy atom. The first-order valence-corrected chi connectivity index (χ1v) is 10.8. The van der Waals surface area contributed by atoms with E-state index in [0.29, 0.717) is 11.1 Å². The van der Waals surface area contributed by atoms with Gasteiger partial charge in [0.2, 0.25) is 11.8 Å². The second kappa shape index (κ2) is 11.8. The molecule has 2 amide bonds. The van der Waals surface area contributed by atoms with E-state index in [1.54, 1.807) is 30.3 Å². The Balaban J connectivity index is 1.62. The first-order valence-electron chi connectivity index (χ1n) is 10.8. The number of benzene rings is 2. The van der Waals surface area contributed by atoms with Gasteiger partial charge in [-0.15, -0.1) is 0 Å². The lowest BCUT2D eigenvalue weighted by molar-refractivity contribution is -0.128. The summed E-state index contributed by atoms with van der Waals surface area (Å²) < 4.78 is 18.3. The van der Waals surface area contributed by atoms with E-state index in [1.807, 2.05) is 0 Å². The number of ether oxygens (including phenoxy) is 1. The van der Waals surface area contributed by atoms with E-state index in [4.69, 9.17) is 4.74 Å². The van der Waals surface area contributed by atoms with Crippen LogP contribution in [0.25, 0.3) is 6.08 Å². The third-order valence-electron chi connectivity index (χ3n) is 5.27. The SMILES string of the molecule is O=C(/C=C/c1ccc(F)cc1)N[C@@H](COC(=O)c1ccccc1)C(=O)NC1CCCCC1. The highest BCUT2D eigenvalue weighted by molar-refractivity contribution is 5.96. The summed E-state index contributed by atoms with van der Waals surface area (Å²) in [6, 6.07) is 13.1. The van der Waals surface area contributed by atoms with Gasteiger partial charge in [-0.3, -0.25) is 9.59 Å². The molecule has 1 saturated carbocycles. The molecule has 0 spiro atoms. The molecule has 1 aliphatic rings. The molecule has 2 N–H and O–H groups in total. The third kappa shape index (κ3) is 7.34. The van der Waals surface area contributed by atoms with E-state index >= 15 is 0 Å². The molecule has 0 aromatic heterocycles. The van der Waals surface area contributed by atoms with E-state index < -0.39 is 17.9 Å². The molecule has 0 radical (unpaired) electrons. The molecule has 1 fully saturated rings. The van der Waals surface area contributed by atoms with E-state index in [9.17, 15) is 18.8 Å². The van der Waals surface area contributed by atoms with Crippen molar-refractivity contribution in [3.05, 3.63) is 77.6 Å². The van der Waals surface area contributed by atoms with Crippen molar-refractivity contribution in [3.63, 3.8) is 0 Å². The lowest BCUT2D eigenvalue weighted by Gasteiger charge is -2.25. The summed E-state index contributed by atoms with van der Waals surface area (Å²) in [5.41, 5.74) is 1.00. The summed E-state index contributed by atoms with van der Waals surface area (Å²) in [6.45, 7) is -0.289. The zero-order chi connectivity index (χ0) is 22.8. The number of hydrogen-bond donors (Lipinski definition) is 2. The molecule has 2 aromatic carbocycles. The van der Waals surface area contributed by atoms with Crippen molar-refractivity contribution in [1.29, 1.82) is 0 Å². The maximum absolute atomic E-state index is 13.0. The molecule has 1 aliphatic carbocycles. The number of rotatable bonds is 8. The van der Waals surface area contributed by atoms with Gasteiger partial charge in [0.25, 0.3) is 0 Å². The fourth-order valence-electron chi connectivity index (χ4n) is 3.51. The molecule has 3 rings (SSSR count). The molecular weight excluding hydrogens is 411 g/mol. The van der Waals surface area contributed by atoms with Gasteiger partial charge in [0.1, 0.15) is 18.5 Å². The molecule has 7 heteroatoms. The Hall–Kier alpha value is -3.48. The molecule has 0 bridgehead atoms. The predicted molar refractivity (Wildman–Crippen MR) is 119 cm³/mol. The molecule has 1 atom stereocenters. The Bertz CT molecular complexity index is 938. The molecular formula is C25H27FN2O4. The standard InChI is InChI=1S/C25H27FN2O4/c26-20-14-11-18(12-15-20)13-16-23(29)28-22(24(30)27-21-9-5-2-6-10-21)17-32-25(31)19-7-3-1-4-8-19/h1,3-4,7-8,11-16,21-22H,2,5-6,9-10,17H2,(H,27,30)(H,28,29)/b16-13+/t22-/m0/s1. The molecule has 32 heavy (non-hydrogen) atoms. The van der Waals surface area contributed by atoms with Gasteiger partial charge < -0.3 is 15.4 Å². The Morgan fingerprint density at radius 2 is 1.69 bits per heavy atom. The molecule has 0 heterocycles. The van der Waals surface area contributed by atoms with E-state index in [2.05, 4.69) is 10.6 Å². The van der Waals surface area contributed by atoms with E-state index in [1.165, 1.54) is 36.4 Å². The van der Waals surface area contributed by atoms with Crippen molar-refractivity contribution in [2.45, 2.75) is 44.2 Å². The summed E-state index contributed by atoms with van der Waals surface area (Å²) in [5, 5.41) is 5.56. The third-order valence-corrected chi connectivity index (χ3v) is 5.27. The molecule has 0 aliphatic heterocycles. The summed E-state index contributed by atoms with van der Waals surface area (Å²) in [5.74, 6) is -1.85. The summed E-state index contributed by atoms with van der Waals surface area (Å²) in [6.07, 6.45) is 7.79. The van der Waals surface area contributed by atoms with Crippen LogP contribution in [0.15, 0.2) is 60.7 Å². The van der Waals surface area contributed by atoms with E-state index in [-0.39, 0.29) is 24.4 Å². The quantitative estimate of drug-likeness (QED) is 0.487. The zero-order valence-electron chi connectivity index (χ0n) is 17.8. The highest BCUT2D eigenvalue weighted by Gasteiger charge is 2.25. The summed E-state index contributed by atoms with van der Waals surface area (Å²) >= 11 is 0. The Kier molecular flexibility index (Phi) is 8.54. The number of carbonyl (C=O) groups excluding carboxylic acids is 3. The van der Waals surface area contributed by atoms with Gasteiger partial charge in [0, 0.05) is 12.1 Å². The van der Waals surface area contributed by atoms with Crippen molar-refractivity contribution in [2.75, 3.05) is 6.61 Å². The fourth-order valence-corrected chi connectivity index (χ4v) is 3.51. The maximum atomic E-state index is 13.0. The lowest BCUT2D eigenvalue weighted by Crippen LogP contribution is -2.52. The zero-order valence-corrected chi connectivity index (χ0v) is 17.8. The van der Waals surface area contributed by atoms with Crippen molar-refractivity contribution in [3.8, 4) is 0 Å². The number of halogens is 1. The summed E-state index contributed by atoms with van der Waals surface area (Å²) in [4.78, 5) is 37.5. The van der Waals surface area contributed by atoms with Crippen LogP contribution in [0.2, 0.25) is 0 Å². The number of esters is 1. The van der Waals surface area contributed by atoms with Gasteiger partial charge in [-0.2, -0.15) is 0 Å². The largest absolute Gasteiger partial charge is 0.459 e. The van der Waals surface area contributed by atoms with Crippen LogP contribution in [-0.2, 0) is 14.3 Å². The number of carbonyl (C=O) groups is 3. The number of nitrogens with one attached hydrogen (secondary N) is 2. The van der Waals surface area contributed by atoms with Gasteiger partial charge in [0.15, 0.2) is 0 Å². The average molecular weight is 438 g/mol. The summed E-state index contributed by atoms with van der Waals surface area (Å²) in [7, 11) is 0. The van der Waals surface area contributed by atoms with Crippen LogP contribution < -0.4 is 10.6 Å². The molecule has 0 unspecified atom stereocenters. The minimum atomic E-state index is -1.03. The van der Waals surface area contributed by atoms with Crippen molar-refractivity contribution in [1.82, 2.24) is 10.6 Å².